The number of hydrogen-bond donors (Lipinski definition) is 1. The average Bonchev–Trinajstić information content (AvgIpc) is 3.48. The topological polar surface area (TPSA) is 90.4 Å². The van der Waals surface area contributed by atoms with E-state index in [0.717, 1.165) is 12.0 Å². The summed E-state index contributed by atoms with van der Waals surface area (Å²) in [5.74, 6) is -2.25. The van der Waals surface area contributed by atoms with Crippen molar-refractivity contribution in [3.8, 4) is 0 Å². The number of aliphatic hydroxyl groups excluding tert-OH is 1. The Labute approximate surface area is 232 Å². The molecule has 1 aromatic rings. The van der Waals surface area contributed by atoms with Gasteiger partial charge >= 0.3 is 0 Å². The minimum Gasteiger partial charge on any atom is -0.394 e. The predicted octanol–water partition coefficient (Wildman–Crippen LogP) is 3.33. The third kappa shape index (κ3) is 4.61. The van der Waals surface area contributed by atoms with Crippen LogP contribution < -0.4 is 0 Å². The zero-order valence-electron chi connectivity index (χ0n) is 23.7. The smallest absolute Gasteiger partial charge is 0.248 e. The fourth-order valence-electron chi connectivity index (χ4n) is 7.15. The Morgan fingerprint density at radius 1 is 1.15 bits per heavy atom. The maximum Gasteiger partial charge on any atom is 0.248 e. The van der Waals surface area contributed by atoms with Crippen LogP contribution in [0.15, 0.2) is 55.6 Å². The number of nitrogens with zero attached hydrogens (tertiary/aromatic N) is 3. The Balaban J connectivity index is 1.87. The highest BCUT2D eigenvalue weighted by atomic mass is 16.5. The van der Waals surface area contributed by atoms with E-state index in [-0.39, 0.29) is 30.4 Å². The Bertz CT molecular complexity index is 1110. The van der Waals surface area contributed by atoms with Gasteiger partial charge in [0.05, 0.1) is 30.1 Å². The molecule has 212 valence electrons. The molecule has 4 rings (SSSR count). The summed E-state index contributed by atoms with van der Waals surface area (Å²) < 4.78 is 6.79. The van der Waals surface area contributed by atoms with Crippen molar-refractivity contribution in [2.24, 2.45) is 11.8 Å². The largest absolute Gasteiger partial charge is 0.394 e. The lowest BCUT2D eigenvalue weighted by Gasteiger charge is -2.40. The Kier molecular flexibility index (Phi) is 8.38. The molecule has 8 heteroatoms. The molecular formula is C31H43N3O5. The van der Waals surface area contributed by atoms with Gasteiger partial charge in [-0.2, -0.15) is 0 Å². The summed E-state index contributed by atoms with van der Waals surface area (Å²) in [6.07, 6.45) is 5.19. The quantitative estimate of drug-likeness (QED) is 0.413. The van der Waals surface area contributed by atoms with Gasteiger partial charge in [-0.15, -0.1) is 13.2 Å². The van der Waals surface area contributed by atoms with Crippen LogP contribution in [0.5, 0.6) is 0 Å². The standard InChI is InChI=1S/C31H43N3O5/c1-7-17-32(18-8-2)27(36)24-25-28(37)34(23(20-35)22-13-11-10-12-14-22)26(29(38)33(19-9-3)21(4)5)31(25)16-15-30(24,6)39-31/h7,9-14,21,23-26,35H,1,3,8,15-20H2,2,4-6H3/t23-,24+,25+,26?,30-,31?/m1/s1. The van der Waals surface area contributed by atoms with Gasteiger partial charge < -0.3 is 24.5 Å². The van der Waals surface area contributed by atoms with E-state index < -0.39 is 35.1 Å². The molecule has 0 radical (unpaired) electrons. The number of carbonyl (C=O) groups is 3. The lowest BCUT2D eigenvalue weighted by Crippen LogP contribution is -2.58. The van der Waals surface area contributed by atoms with Gasteiger partial charge in [0.1, 0.15) is 11.6 Å². The highest BCUT2D eigenvalue weighted by Crippen LogP contribution is 2.64. The van der Waals surface area contributed by atoms with Crippen molar-refractivity contribution in [2.45, 2.75) is 76.3 Å². The van der Waals surface area contributed by atoms with Crippen molar-refractivity contribution < 1.29 is 24.2 Å². The molecule has 3 heterocycles. The molecule has 1 N–H and O–H groups in total. The molecule has 3 aliphatic rings. The van der Waals surface area contributed by atoms with Gasteiger partial charge in [0.15, 0.2) is 0 Å². The first kappa shape index (κ1) is 29.0. The summed E-state index contributed by atoms with van der Waals surface area (Å²) in [6, 6.07) is 7.38. The van der Waals surface area contributed by atoms with E-state index in [0.29, 0.717) is 32.5 Å². The Hall–Kier alpha value is -2.97. The Morgan fingerprint density at radius 3 is 2.38 bits per heavy atom. The molecule has 6 atom stereocenters. The van der Waals surface area contributed by atoms with Crippen LogP contribution in [0.4, 0.5) is 0 Å². The van der Waals surface area contributed by atoms with Crippen LogP contribution in [-0.4, -0.2) is 87.1 Å². The van der Waals surface area contributed by atoms with Gasteiger partial charge in [-0.1, -0.05) is 49.4 Å². The third-order valence-electron chi connectivity index (χ3n) is 8.79. The van der Waals surface area contributed by atoms with Crippen molar-refractivity contribution >= 4 is 17.7 Å². The van der Waals surface area contributed by atoms with Crippen molar-refractivity contribution in [1.29, 1.82) is 0 Å². The molecule has 1 spiro atoms. The molecule has 3 fully saturated rings. The van der Waals surface area contributed by atoms with E-state index in [1.807, 2.05) is 58.0 Å². The van der Waals surface area contributed by atoms with Crippen LogP contribution in [0.25, 0.3) is 0 Å². The van der Waals surface area contributed by atoms with Gasteiger partial charge in [0.2, 0.25) is 17.7 Å². The molecule has 0 saturated carbocycles. The molecule has 1 aromatic carbocycles. The normalized spacial score (nSPS) is 29.8. The van der Waals surface area contributed by atoms with Crippen molar-refractivity contribution in [1.82, 2.24) is 14.7 Å². The van der Waals surface area contributed by atoms with E-state index in [1.165, 1.54) is 4.90 Å². The highest BCUT2D eigenvalue weighted by Gasteiger charge is 2.79. The van der Waals surface area contributed by atoms with Crippen molar-refractivity contribution in [3.63, 3.8) is 0 Å². The van der Waals surface area contributed by atoms with Crippen LogP contribution in [0.1, 0.15) is 58.6 Å². The summed E-state index contributed by atoms with van der Waals surface area (Å²) in [7, 11) is 0. The number of likely N-dealkylation sites (tertiary alicyclic amines) is 1. The first-order chi connectivity index (χ1) is 18.6. The predicted molar refractivity (Wildman–Crippen MR) is 149 cm³/mol. The molecule has 3 amide bonds. The molecule has 8 nitrogen and oxygen atoms in total. The highest BCUT2D eigenvalue weighted by molar-refractivity contribution is 5.99. The maximum atomic E-state index is 14.6. The minimum absolute atomic E-state index is 0.140. The fraction of sp³-hybridized carbons (Fsp3) is 0.581. The molecule has 3 aliphatic heterocycles. The van der Waals surface area contributed by atoms with Crippen LogP contribution >= 0.6 is 0 Å². The van der Waals surface area contributed by atoms with E-state index in [1.54, 1.807) is 22.0 Å². The van der Waals surface area contributed by atoms with Crippen molar-refractivity contribution in [3.05, 3.63) is 61.2 Å². The van der Waals surface area contributed by atoms with E-state index in [2.05, 4.69) is 13.2 Å². The molecule has 0 aromatic heterocycles. The fourth-order valence-corrected chi connectivity index (χ4v) is 7.15. The van der Waals surface area contributed by atoms with Gasteiger partial charge in [0.25, 0.3) is 0 Å². The minimum atomic E-state index is -1.16. The number of hydrogen-bond acceptors (Lipinski definition) is 5. The molecule has 2 unspecified atom stereocenters. The lowest BCUT2D eigenvalue weighted by atomic mass is 9.66. The van der Waals surface area contributed by atoms with Crippen molar-refractivity contribution in [2.75, 3.05) is 26.2 Å². The third-order valence-corrected chi connectivity index (χ3v) is 8.79. The number of aliphatic hydroxyl groups is 1. The lowest BCUT2D eigenvalue weighted by molar-refractivity contribution is -0.157. The second-order valence-corrected chi connectivity index (χ2v) is 11.5. The maximum absolute atomic E-state index is 14.6. The molecule has 0 aliphatic carbocycles. The average molecular weight is 538 g/mol. The zero-order chi connectivity index (χ0) is 28.5. The van der Waals surface area contributed by atoms with Gasteiger partial charge in [-0.05, 0) is 45.6 Å². The van der Waals surface area contributed by atoms with E-state index in [4.69, 9.17) is 4.74 Å². The number of ether oxygens (including phenoxy) is 1. The summed E-state index contributed by atoms with van der Waals surface area (Å²) in [6.45, 7) is 16.3. The summed E-state index contributed by atoms with van der Waals surface area (Å²) in [5, 5.41) is 10.6. The number of amides is 3. The summed E-state index contributed by atoms with van der Waals surface area (Å²) in [5.41, 5.74) is -1.30. The molecule has 39 heavy (non-hydrogen) atoms. The zero-order valence-corrected chi connectivity index (χ0v) is 23.7. The van der Waals surface area contributed by atoms with Gasteiger partial charge in [-0.3, -0.25) is 14.4 Å². The second kappa shape index (κ2) is 11.3. The molecule has 3 saturated heterocycles. The van der Waals surface area contributed by atoms with E-state index >= 15 is 0 Å². The Morgan fingerprint density at radius 2 is 1.82 bits per heavy atom. The monoisotopic (exact) mass is 537 g/mol. The summed E-state index contributed by atoms with van der Waals surface area (Å²) in [4.78, 5) is 48.1. The first-order valence-corrected chi connectivity index (χ1v) is 14.1. The SMILES string of the molecule is C=CCN(CCC)C(=O)[C@@H]1[C@H]2C(=O)N([C@H](CO)c3ccccc3)C(C(=O)N(CC=C)C(C)C)C23CC[C@@]1(C)O3. The van der Waals surface area contributed by atoms with E-state index in [9.17, 15) is 19.5 Å². The van der Waals surface area contributed by atoms with Crippen LogP contribution in [0, 0.1) is 11.8 Å². The summed E-state index contributed by atoms with van der Waals surface area (Å²) >= 11 is 0. The van der Waals surface area contributed by atoms with Crippen LogP contribution in [0.2, 0.25) is 0 Å². The number of carbonyl (C=O) groups excluding carboxylic acids is 3. The number of fused-ring (bicyclic) bond motifs is 1. The second-order valence-electron chi connectivity index (χ2n) is 11.5. The first-order valence-electron chi connectivity index (χ1n) is 14.1. The number of rotatable bonds is 12. The molecular weight excluding hydrogens is 494 g/mol. The van der Waals surface area contributed by atoms with Gasteiger partial charge in [-0.25, -0.2) is 0 Å². The number of benzene rings is 1. The van der Waals surface area contributed by atoms with Crippen LogP contribution in [-0.2, 0) is 19.1 Å². The van der Waals surface area contributed by atoms with Crippen LogP contribution in [0.3, 0.4) is 0 Å². The molecule has 2 bridgehead atoms. The van der Waals surface area contributed by atoms with Gasteiger partial charge in [0, 0.05) is 25.7 Å².